The van der Waals surface area contributed by atoms with E-state index < -0.39 is 0 Å². The zero-order valence-corrected chi connectivity index (χ0v) is 16.3. The lowest BCUT2D eigenvalue weighted by molar-refractivity contribution is -0.120. The average molecular weight is 363 g/mol. The highest BCUT2D eigenvalue weighted by Gasteiger charge is 2.64. The molecule has 7 atom stereocenters. The minimum atomic E-state index is -0.140. The monoisotopic (exact) mass is 362 g/mol. The van der Waals surface area contributed by atoms with Gasteiger partial charge in [-0.05, 0) is 96.7 Å². The number of rotatable bonds is 0. The molecule has 1 aromatic carbocycles. The Labute approximate surface area is 162 Å². The molecule has 0 bridgehead atoms. The molecule has 0 saturated heterocycles. The van der Waals surface area contributed by atoms with Crippen LogP contribution in [0.2, 0.25) is 0 Å². The number of fused-ring (bicyclic) bond motifs is 4. The smallest absolute Gasteiger partial charge is 0.155 e. The molecule has 3 saturated carbocycles. The second-order valence-corrected chi connectivity index (χ2v) is 10.4. The Morgan fingerprint density at radius 3 is 2.85 bits per heavy atom. The lowest BCUT2D eigenvalue weighted by atomic mass is 9.40. The molecule has 5 aliphatic rings. The van der Waals surface area contributed by atoms with E-state index >= 15 is 0 Å². The zero-order chi connectivity index (χ0) is 18.4. The largest absolute Gasteiger partial charge is 0.393 e. The van der Waals surface area contributed by atoms with Crippen LogP contribution in [-0.2, 0) is 11.2 Å². The third kappa shape index (κ3) is 1.98. The Bertz CT molecular complexity index is 854. The summed E-state index contributed by atoms with van der Waals surface area (Å²) in [7, 11) is 0. The van der Waals surface area contributed by atoms with Crippen LogP contribution in [0.15, 0.2) is 35.9 Å². The number of ketones is 1. The molecular formula is C25H30O2. The van der Waals surface area contributed by atoms with E-state index in [1.54, 1.807) is 5.56 Å². The number of carbonyl (C=O) groups excluding carboxylic acids is 1. The molecule has 2 nitrogen and oxygen atoms in total. The van der Waals surface area contributed by atoms with Crippen molar-refractivity contribution in [1.29, 1.82) is 0 Å². The van der Waals surface area contributed by atoms with Gasteiger partial charge in [-0.3, -0.25) is 4.79 Å². The molecule has 1 N–H and O–H groups in total. The van der Waals surface area contributed by atoms with Gasteiger partial charge >= 0.3 is 0 Å². The number of allylic oxidation sites excluding steroid dienone is 1. The molecule has 0 amide bonds. The van der Waals surface area contributed by atoms with E-state index in [1.165, 1.54) is 24.0 Å². The molecule has 142 valence electrons. The minimum absolute atomic E-state index is 0.0726. The molecular weight excluding hydrogens is 332 g/mol. The maximum atomic E-state index is 12.2. The van der Waals surface area contributed by atoms with Gasteiger partial charge in [-0.1, -0.05) is 36.8 Å². The summed E-state index contributed by atoms with van der Waals surface area (Å²) < 4.78 is 0. The molecule has 3 fully saturated rings. The SMILES string of the molecule is C[C@]12C[C@@H]3c4ccccc4C[C@]45CCC(=O)C=C4CC[C@H]([C@H]35)[C@@H]1CC[C@@H]2O. The second-order valence-electron chi connectivity index (χ2n) is 10.4. The molecule has 1 aromatic rings. The first-order valence-electron chi connectivity index (χ1n) is 11.0. The summed E-state index contributed by atoms with van der Waals surface area (Å²) in [5.74, 6) is 2.94. The van der Waals surface area contributed by atoms with E-state index in [-0.39, 0.29) is 16.9 Å². The highest BCUT2D eigenvalue weighted by atomic mass is 16.3. The Hall–Kier alpha value is -1.41. The van der Waals surface area contributed by atoms with Crippen LogP contribution < -0.4 is 0 Å². The quantitative estimate of drug-likeness (QED) is 0.719. The molecule has 27 heavy (non-hydrogen) atoms. The van der Waals surface area contributed by atoms with E-state index in [9.17, 15) is 9.90 Å². The van der Waals surface area contributed by atoms with E-state index in [0.29, 0.717) is 29.5 Å². The van der Waals surface area contributed by atoms with E-state index in [2.05, 4.69) is 31.2 Å². The molecule has 5 aliphatic carbocycles. The van der Waals surface area contributed by atoms with Crippen molar-refractivity contribution >= 4 is 5.78 Å². The third-order valence-corrected chi connectivity index (χ3v) is 9.57. The molecule has 0 heterocycles. The van der Waals surface area contributed by atoms with Crippen molar-refractivity contribution in [1.82, 2.24) is 0 Å². The first kappa shape index (κ1) is 16.5. The van der Waals surface area contributed by atoms with Crippen LogP contribution in [-0.4, -0.2) is 17.0 Å². The normalized spacial score (nSPS) is 47.4. The second kappa shape index (κ2) is 5.35. The van der Waals surface area contributed by atoms with Crippen molar-refractivity contribution in [2.45, 2.75) is 70.3 Å². The van der Waals surface area contributed by atoms with Gasteiger partial charge < -0.3 is 5.11 Å². The fraction of sp³-hybridized carbons (Fsp3) is 0.640. The summed E-state index contributed by atoms with van der Waals surface area (Å²) in [4.78, 5) is 12.2. The van der Waals surface area contributed by atoms with Gasteiger partial charge in [0.05, 0.1) is 6.10 Å². The number of aliphatic hydroxyl groups is 1. The van der Waals surface area contributed by atoms with Crippen LogP contribution in [0.5, 0.6) is 0 Å². The molecule has 2 heteroatoms. The number of aliphatic hydroxyl groups excluding tert-OH is 1. The lowest BCUT2D eigenvalue weighted by Gasteiger charge is -2.64. The number of benzene rings is 1. The number of hydrogen-bond acceptors (Lipinski definition) is 2. The Morgan fingerprint density at radius 1 is 1.11 bits per heavy atom. The summed E-state index contributed by atoms with van der Waals surface area (Å²) in [6.45, 7) is 2.38. The third-order valence-electron chi connectivity index (χ3n) is 9.57. The molecule has 0 aromatic heterocycles. The van der Waals surface area contributed by atoms with Crippen molar-refractivity contribution in [2.75, 3.05) is 0 Å². The maximum absolute atomic E-state index is 12.2. The Kier molecular flexibility index (Phi) is 3.27. The lowest BCUT2D eigenvalue weighted by Crippen LogP contribution is -2.57. The van der Waals surface area contributed by atoms with Crippen LogP contribution >= 0.6 is 0 Å². The highest BCUT2D eigenvalue weighted by Crippen LogP contribution is 2.71. The topological polar surface area (TPSA) is 37.3 Å². The molecule has 0 unspecified atom stereocenters. The van der Waals surface area contributed by atoms with Gasteiger partial charge in [0.2, 0.25) is 0 Å². The van der Waals surface area contributed by atoms with Crippen LogP contribution in [0.4, 0.5) is 0 Å². The van der Waals surface area contributed by atoms with Gasteiger partial charge in [0, 0.05) is 6.42 Å². The number of carbonyl (C=O) groups is 1. The summed E-state index contributed by atoms with van der Waals surface area (Å²) in [5.41, 5.74) is 4.82. The fourth-order valence-electron chi connectivity index (χ4n) is 8.52. The van der Waals surface area contributed by atoms with Crippen molar-refractivity contribution in [3.63, 3.8) is 0 Å². The summed E-state index contributed by atoms with van der Waals surface area (Å²) in [6, 6.07) is 9.08. The van der Waals surface area contributed by atoms with Gasteiger partial charge in [0.25, 0.3) is 0 Å². The van der Waals surface area contributed by atoms with Crippen LogP contribution in [0.25, 0.3) is 0 Å². The van der Waals surface area contributed by atoms with Crippen molar-refractivity contribution in [2.24, 2.45) is 28.6 Å². The van der Waals surface area contributed by atoms with Crippen LogP contribution in [0.1, 0.15) is 68.9 Å². The zero-order valence-electron chi connectivity index (χ0n) is 16.3. The van der Waals surface area contributed by atoms with Crippen molar-refractivity contribution in [3.8, 4) is 0 Å². The van der Waals surface area contributed by atoms with E-state index in [0.717, 1.165) is 38.5 Å². The Balaban J connectivity index is 1.57. The summed E-state index contributed by atoms with van der Waals surface area (Å²) in [6.07, 6.45) is 10.4. The minimum Gasteiger partial charge on any atom is -0.393 e. The molecule has 0 radical (unpaired) electrons. The Morgan fingerprint density at radius 2 is 1.96 bits per heavy atom. The van der Waals surface area contributed by atoms with E-state index in [1.807, 2.05) is 6.08 Å². The molecule has 1 spiro atoms. The molecule has 0 aliphatic heterocycles. The van der Waals surface area contributed by atoms with Gasteiger partial charge in [-0.2, -0.15) is 0 Å². The standard InChI is InChI=1S/C25H30O2/c1-24-14-20-18-5-3-2-4-15(18)13-25-11-10-17(26)12-16(25)6-7-19(23(20)25)21(24)8-9-22(24)27/h2-5,12,19-23,27H,6-11,13-14H2,1H3/t19-,20+,21-,22-,23+,24-,25+/m0/s1. The highest BCUT2D eigenvalue weighted by molar-refractivity contribution is 5.91. The van der Waals surface area contributed by atoms with Gasteiger partial charge in [0.15, 0.2) is 5.78 Å². The fourth-order valence-corrected chi connectivity index (χ4v) is 8.52. The summed E-state index contributed by atoms with van der Waals surface area (Å²) >= 11 is 0. The van der Waals surface area contributed by atoms with Crippen molar-refractivity contribution in [3.05, 3.63) is 47.0 Å². The average Bonchev–Trinajstić information content (AvgIpc) is 2.97. The first-order valence-corrected chi connectivity index (χ1v) is 11.0. The number of hydrogen-bond donors (Lipinski definition) is 1. The van der Waals surface area contributed by atoms with Crippen molar-refractivity contribution < 1.29 is 9.90 Å². The predicted octanol–water partition coefficient (Wildman–Crippen LogP) is 4.81. The van der Waals surface area contributed by atoms with Crippen LogP contribution in [0, 0.1) is 28.6 Å². The van der Waals surface area contributed by atoms with E-state index in [4.69, 9.17) is 0 Å². The summed E-state index contributed by atoms with van der Waals surface area (Å²) in [5, 5.41) is 10.9. The van der Waals surface area contributed by atoms with Gasteiger partial charge in [-0.15, -0.1) is 0 Å². The molecule has 6 rings (SSSR count). The van der Waals surface area contributed by atoms with Gasteiger partial charge in [-0.25, -0.2) is 0 Å². The van der Waals surface area contributed by atoms with Gasteiger partial charge in [0.1, 0.15) is 0 Å². The van der Waals surface area contributed by atoms with Crippen LogP contribution in [0.3, 0.4) is 0 Å². The predicted molar refractivity (Wildman–Crippen MR) is 105 cm³/mol. The first-order chi connectivity index (χ1) is 13.0. The maximum Gasteiger partial charge on any atom is 0.155 e.